The Bertz CT molecular complexity index is 414. The molecule has 1 atom stereocenters. The molecule has 1 aliphatic rings. The normalized spacial score (nSPS) is 19.5. The Hall–Kier alpha value is -1.00. The van der Waals surface area contributed by atoms with Crippen molar-refractivity contribution in [1.29, 1.82) is 0 Å². The van der Waals surface area contributed by atoms with E-state index in [1.807, 2.05) is 23.9 Å². The highest BCUT2D eigenvalue weighted by Gasteiger charge is 2.22. The zero-order chi connectivity index (χ0) is 12.3. The van der Waals surface area contributed by atoms with Crippen molar-refractivity contribution in [1.82, 2.24) is 5.32 Å². The summed E-state index contributed by atoms with van der Waals surface area (Å²) in [6.07, 6.45) is 1.80. The van der Waals surface area contributed by atoms with Crippen molar-refractivity contribution in [3.63, 3.8) is 0 Å². The minimum Gasteiger partial charge on any atom is -0.478 e. The van der Waals surface area contributed by atoms with Crippen LogP contribution in [-0.2, 0) is 6.42 Å². The minimum absolute atomic E-state index is 0.260. The minimum atomic E-state index is -0.821. The molecule has 2 rings (SSSR count). The van der Waals surface area contributed by atoms with Gasteiger partial charge in [0.1, 0.15) is 0 Å². The van der Waals surface area contributed by atoms with Gasteiger partial charge in [-0.05, 0) is 23.6 Å². The van der Waals surface area contributed by atoms with Gasteiger partial charge in [0.15, 0.2) is 0 Å². The van der Waals surface area contributed by atoms with Crippen LogP contribution in [0.2, 0.25) is 0 Å². The van der Waals surface area contributed by atoms with E-state index in [9.17, 15) is 9.90 Å². The summed E-state index contributed by atoms with van der Waals surface area (Å²) in [6.45, 7) is 3.08. The summed E-state index contributed by atoms with van der Waals surface area (Å²) in [5, 5.41) is 12.9. The molecule has 0 aromatic heterocycles. The summed E-state index contributed by atoms with van der Waals surface area (Å²) in [7, 11) is 0. The monoisotopic (exact) mass is 251 g/mol. The van der Waals surface area contributed by atoms with Crippen molar-refractivity contribution in [3.05, 3.63) is 34.9 Å². The van der Waals surface area contributed by atoms with Crippen LogP contribution in [0.1, 0.15) is 40.2 Å². The maximum Gasteiger partial charge on any atom is 0.335 e. The highest BCUT2D eigenvalue weighted by atomic mass is 32.2. The lowest BCUT2D eigenvalue weighted by Gasteiger charge is -2.17. The lowest BCUT2D eigenvalue weighted by atomic mass is 9.97. The first kappa shape index (κ1) is 12.5. The Balaban J connectivity index is 2.42. The number of thioether (sulfide) groups is 1. The molecule has 1 aromatic carbocycles. The maximum atomic E-state index is 11.2. The van der Waals surface area contributed by atoms with Crippen LogP contribution in [0.4, 0.5) is 0 Å². The van der Waals surface area contributed by atoms with Crippen LogP contribution in [0.3, 0.4) is 0 Å². The second-order valence-electron chi connectivity index (χ2n) is 4.13. The third-order valence-electron chi connectivity index (χ3n) is 2.94. The van der Waals surface area contributed by atoms with E-state index in [4.69, 9.17) is 0 Å². The number of carboxylic acids is 1. The molecule has 1 fully saturated rings. The summed E-state index contributed by atoms with van der Waals surface area (Å²) in [5.41, 5.74) is 2.60. The highest BCUT2D eigenvalue weighted by molar-refractivity contribution is 7.99. The van der Waals surface area contributed by atoms with Gasteiger partial charge in [0.05, 0.1) is 10.9 Å². The lowest BCUT2D eigenvalue weighted by molar-refractivity contribution is 0.0695. The molecular weight excluding hydrogens is 234 g/mol. The predicted octanol–water partition coefficient (Wildman–Crippen LogP) is 2.67. The first-order valence-electron chi connectivity index (χ1n) is 5.94. The van der Waals surface area contributed by atoms with Gasteiger partial charge in [-0.2, -0.15) is 0 Å². The van der Waals surface area contributed by atoms with Crippen LogP contribution in [-0.4, -0.2) is 23.4 Å². The second-order valence-corrected chi connectivity index (χ2v) is 5.35. The number of hydrogen-bond donors (Lipinski definition) is 2. The Morgan fingerprint density at radius 1 is 1.59 bits per heavy atom. The molecule has 0 amide bonds. The van der Waals surface area contributed by atoms with Crippen LogP contribution in [0.25, 0.3) is 0 Å². The molecule has 0 spiro atoms. The second kappa shape index (κ2) is 5.56. The van der Waals surface area contributed by atoms with Gasteiger partial charge < -0.3 is 10.4 Å². The van der Waals surface area contributed by atoms with Gasteiger partial charge in [-0.25, -0.2) is 4.79 Å². The maximum absolute atomic E-state index is 11.2. The van der Waals surface area contributed by atoms with Crippen molar-refractivity contribution < 1.29 is 9.90 Å². The molecule has 3 nitrogen and oxygen atoms in total. The van der Waals surface area contributed by atoms with Crippen molar-refractivity contribution in [2.45, 2.75) is 25.1 Å². The standard InChI is InChI=1S/C13H17NO2S/c1-2-4-9-10(12-14-7-8-17-12)5-3-6-11(9)13(15)16/h3,5-6,12,14H,2,4,7-8H2,1H3,(H,15,16). The van der Waals surface area contributed by atoms with Gasteiger partial charge in [-0.15, -0.1) is 11.8 Å². The molecule has 0 radical (unpaired) electrons. The topological polar surface area (TPSA) is 49.3 Å². The van der Waals surface area contributed by atoms with Crippen LogP contribution >= 0.6 is 11.8 Å². The number of carboxylic acid groups (broad SMARTS) is 1. The van der Waals surface area contributed by atoms with Gasteiger partial charge >= 0.3 is 5.97 Å². The van der Waals surface area contributed by atoms with E-state index in [1.54, 1.807) is 6.07 Å². The average Bonchev–Trinajstić information content (AvgIpc) is 2.83. The number of aromatic carboxylic acids is 1. The van der Waals surface area contributed by atoms with Crippen molar-refractivity contribution in [2.24, 2.45) is 0 Å². The fraction of sp³-hybridized carbons (Fsp3) is 0.462. The Morgan fingerprint density at radius 2 is 2.41 bits per heavy atom. The Kier molecular flexibility index (Phi) is 4.07. The first-order chi connectivity index (χ1) is 8.24. The van der Waals surface area contributed by atoms with Gasteiger partial charge in [-0.3, -0.25) is 0 Å². The van der Waals surface area contributed by atoms with Crippen molar-refractivity contribution in [2.75, 3.05) is 12.3 Å². The molecule has 4 heteroatoms. The molecule has 1 aliphatic heterocycles. The fourth-order valence-corrected chi connectivity index (χ4v) is 3.31. The number of nitrogens with one attached hydrogen (secondary N) is 1. The highest BCUT2D eigenvalue weighted by Crippen LogP contribution is 2.33. The third kappa shape index (κ3) is 2.64. The summed E-state index contributed by atoms with van der Waals surface area (Å²) in [6, 6.07) is 5.60. The molecule has 0 aliphatic carbocycles. The van der Waals surface area contributed by atoms with Gasteiger partial charge in [0.25, 0.3) is 0 Å². The van der Waals surface area contributed by atoms with Crippen LogP contribution in [0.15, 0.2) is 18.2 Å². The third-order valence-corrected chi connectivity index (χ3v) is 4.14. The number of hydrogen-bond acceptors (Lipinski definition) is 3. The summed E-state index contributed by atoms with van der Waals surface area (Å²) >= 11 is 1.85. The van der Waals surface area contributed by atoms with E-state index in [1.165, 1.54) is 0 Å². The molecule has 1 unspecified atom stereocenters. The van der Waals surface area contributed by atoms with Crippen molar-refractivity contribution >= 4 is 17.7 Å². The summed E-state index contributed by atoms with van der Waals surface area (Å²) in [4.78, 5) is 11.2. The SMILES string of the molecule is CCCc1c(C(=O)O)cccc1C1NCCS1. The molecule has 1 aromatic rings. The smallest absolute Gasteiger partial charge is 0.335 e. The molecule has 0 saturated carbocycles. The molecular formula is C13H17NO2S. The van der Waals surface area contributed by atoms with Crippen molar-refractivity contribution in [3.8, 4) is 0 Å². The fourth-order valence-electron chi connectivity index (χ4n) is 2.21. The Labute approximate surface area is 106 Å². The quantitative estimate of drug-likeness (QED) is 0.863. The molecule has 0 bridgehead atoms. The number of benzene rings is 1. The number of carbonyl (C=O) groups is 1. The zero-order valence-corrected chi connectivity index (χ0v) is 10.7. The van der Waals surface area contributed by atoms with Gasteiger partial charge in [0.2, 0.25) is 0 Å². The van der Waals surface area contributed by atoms with E-state index < -0.39 is 5.97 Å². The van der Waals surface area contributed by atoms with E-state index >= 15 is 0 Å². The van der Waals surface area contributed by atoms with Gasteiger partial charge in [-0.1, -0.05) is 25.5 Å². The van der Waals surface area contributed by atoms with Crippen LogP contribution < -0.4 is 5.32 Å². The molecule has 1 heterocycles. The first-order valence-corrected chi connectivity index (χ1v) is 6.99. The zero-order valence-electron chi connectivity index (χ0n) is 9.90. The molecule has 2 N–H and O–H groups in total. The number of rotatable bonds is 4. The Morgan fingerprint density at radius 3 is 3.00 bits per heavy atom. The molecule has 17 heavy (non-hydrogen) atoms. The van der Waals surface area contributed by atoms with Crippen LogP contribution in [0, 0.1) is 0 Å². The van der Waals surface area contributed by atoms with Gasteiger partial charge in [0, 0.05) is 12.3 Å². The van der Waals surface area contributed by atoms with E-state index in [0.717, 1.165) is 36.3 Å². The van der Waals surface area contributed by atoms with E-state index in [2.05, 4.69) is 12.2 Å². The molecule has 92 valence electrons. The molecule has 1 saturated heterocycles. The summed E-state index contributed by atoms with van der Waals surface area (Å²) in [5.74, 6) is 0.270. The predicted molar refractivity (Wildman–Crippen MR) is 70.6 cm³/mol. The summed E-state index contributed by atoms with van der Waals surface area (Å²) < 4.78 is 0. The average molecular weight is 251 g/mol. The van der Waals surface area contributed by atoms with E-state index in [-0.39, 0.29) is 5.37 Å². The van der Waals surface area contributed by atoms with Crippen LogP contribution in [0.5, 0.6) is 0 Å². The largest absolute Gasteiger partial charge is 0.478 e. The lowest BCUT2D eigenvalue weighted by Crippen LogP contribution is -2.15. The van der Waals surface area contributed by atoms with E-state index in [0.29, 0.717) is 5.56 Å².